The molecule has 1 N–H and O–H groups in total. The molecule has 0 aliphatic rings. The number of anilines is 1. The van der Waals surface area contributed by atoms with Gasteiger partial charge in [0.25, 0.3) is 0 Å². The van der Waals surface area contributed by atoms with Gasteiger partial charge in [0, 0.05) is 12.7 Å². The van der Waals surface area contributed by atoms with Crippen molar-refractivity contribution < 1.29 is 9.90 Å². The van der Waals surface area contributed by atoms with Gasteiger partial charge in [-0.3, -0.25) is 4.79 Å². The number of nitriles is 1. The Morgan fingerprint density at radius 2 is 2.47 bits per heavy atom. The number of aromatic nitrogens is 1. The molecule has 0 spiro atoms. The average molecular weight is 254 g/mol. The molecule has 5 nitrogen and oxygen atoms in total. The predicted octanol–water partition coefficient (Wildman–Crippen LogP) is 1.79. The monoisotopic (exact) mass is 253 g/mol. The molecule has 0 radical (unpaired) electrons. The van der Waals surface area contributed by atoms with Crippen molar-refractivity contribution in [3.8, 4) is 6.07 Å². The van der Waals surface area contributed by atoms with Crippen LogP contribution in [0.1, 0.15) is 6.92 Å². The van der Waals surface area contributed by atoms with Crippen molar-refractivity contribution >= 4 is 23.3 Å². The summed E-state index contributed by atoms with van der Waals surface area (Å²) in [4.78, 5) is 16.3. The van der Waals surface area contributed by atoms with E-state index in [1.165, 1.54) is 6.20 Å². The van der Waals surface area contributed by atoms with Crippen LogP contribution < -0.4 is 4.90 Å². The van der Waals surface area contributed by atoms with Gasteiger partial charge in [0.2, 0.25) is 0 Å². The molecule has 1 aromatic rings. The van der Waals surface area contributed by atoms with Crippen molar-refractivity contribution in [3.05, 3.63) is 23.5 Å². The molecule has 17 heavy (non-hydrogen) atoms. The van der Waals surface area contributed by atoms with Crippen LogP contribution in [0.4, 0.5) is 5.69 Å². The minimum atomic E-state index is -0.909. The number of aliphatic carboxylic acids is 1. The first kappa shape index (κ1) is 13.3. The van der Waals surface area contributed by atoms with Crippen LogP contribution in [0.15, 0.2) is 18.3 Å². The van der Waals surface area contributed by atoms with E-state index in [4.69, 9.17) is 22.0 Å². The van der Waals surface area contributed by atoms with E-state index in [1.54, 1.807) is 24.0 Å². The summed E-state index contributed by atoms with van der Waals surface area (Å²) < 4.78 is 0. The Labute approximate surface area is 104 Å². The van der Waals surface area contributed by atoms with Crippen molar-refractivity contribution in [2.75, 3.05) is 18.0 Å². The zero-order valence-corrected chi connectivity index (χ0v) is 10.1. The second kappa shape index (κ2) is 6.06. The summed E-state index contributed by atoms with van der Waals surface area (Å²) in [5.74, 6) is -1.49. The van der Waals surface area contributed by atoms with Crippen LogP contribution in [0.2, 0.25) is 5.15 Å². The Bertz CT molecular complexity index is 445. The lowest BCUT2D eigenvalue weighted by atomic mass is 10.1. The summed E-state index contributed by atoms with van der Waals surface area (Å²) in [7, 11) is 0. The summed E-state index contributed by atoms with van der Waals surface area (Å²) in [6, 6.07) is 5.39. The van der Waals surface area contributed by atoms with Crippen molar-refractivity contribution in [1.29, 1.82) is 5.26 Å². The van der Waals surface area contributed by atoms with Gasteiger partial charge in [0.15, 0.2) is 5.15 Å². The van der Waals surface area contributed by atoms with Crippen molar-refractivity contribution in [2.24, 2.45) is 5.92 Å². The largest absolute Gasteiger partial charge is 0.481 e. The summed E-state index contributed by atoms with van der Waals surface area (Å²) in [6.07, 6.45) is 1.54. The third-order valence-corrected chi connectivity index (χ3v) is 2.55. The van der Waals surface area contributed by atoms with Gasteiger partial charge in [0.1, 0.15) is 6.54 Å². The van der Waals surface area contributed by atoms with E-state index < -0.39 is 11.9 Å². The highest BCUT2D eigenvalue weighted by Crippen LogP contribution is 2.23. The fourth-order valence-electron chi connectivity index (χ4n) is 1.36. The van der Waals surface area contributed by atoms with Gasteiger partial charge < -0.3 is 10.0 Å². The summed E-state index contributed by atoms with van der Waals surface area (Å²) in [5, 5.41) is 17.9. The van der Waals surface area contributed by atoms with Gasteiger partial charge in [-0.1, -0.05) is 18.5 Å². The Hall–Kier alpha value is -1.80. The highest BCUT2D eigenvalue weighted by Gasteiger charge is 2.18. The molecule has 1 aromatic heterocycles. The summed E-state index contributed by atoms with van der Waals surface area (Å²) in [6.45, 7) is 1.87. The quantitative estimate of drug-likeness (QED) is 0.639. The van der Waals surface area contributed by atoms with Crippen LogP contribution in [-0.4, -0.2) is 29.1 Å². The molecule has 0 aliphatic carbocycles. The second-order valence-electron chi connectivity index (χ2n) is 3.59. The highest BCUT2D eigenvalue weighted by molar-refractivity contribution is 6.32. The maximum absolute atomic E-state index is 10.8. The molecule has 1 atom stereocenters. The minimum Gasteiger partial charge on any atom is -0.481 e. The molecule has 90 valence electrons. The van der Waals surface area contributed by atoms with Gasteiger partial charge in [-0.05, 0) is 12.1 Å². The van der Waals surface area contributed by atoms with Crippen molar-refractivity contribution in [2.45, 2.75) is 6.92 Å². The number of hydrogen-bond donors (Lipinski definition) is 1. The first-order chi connectivity index (χ1) is 8.06. The molecule has 0 aliphatic heterocycles. The highest BCUT2D eigenvalue weighted by atomic mass is 35.5. The molecule has 0 saturated heterocycles. The van der Waals surface area contributed by atoms with Gasteiger partial charge in [-0.25, -0.2) is 4.98 Å². The summed E-state index contributed by atoms with van der Waals surface area (Å²) in [5.41, 5.74) is 0.573. The molecular weight excluding hydrogens is 242 g/mol. The van der Waals surface area contributed by atoms with E-state index in [1.807, 2.05) is 6.07 Å². The van der Waals surface area contributed by atoms with Gasteiger partial charge >= 0.3 is 5.97 Å². The Morgan fingerprint density at radius 3 is 3.00 bits per heavy atom. The fourth-order valence-corrected chi connectivity index (χ4v) is 1.59. The van der Waals surface area contributed by atoms with Crippen LogP contribution in [0, 0.1) is 17.2 Å². The first-order valence-corrected chi connectivity index (χ1v) is 5.39. The smallest absolute Gasteiger partial charge is 0.308 e. The topological polar surface area (TPSA) is 77.2 Å². The molecule has 0 saturated carbocycles. The van der Waals surface area contributed by atoms with Gasteiger partial charge in [-0.15, -0.1) is 0 Å². The lowest BCUT2D eigenvalue weighted by Crippen LogP contribution is -2.32. The number of nitrogens with zero attached hydrogens (tertiary/aromatic N) is 3. The molecule has 1 heterocycles. The van der Waals surface area contributed by atoms with Crippen LogP contribution in [-0.2, 0) is 4.79 Å². The lowest BCUT2D eigenvalue weighted by molar-refractivity contribution is -0.140. The van der Waals surface area contributed by atoms with Crippen molar-refractivity contribution in [1.82, 2.24) is 4.98 Å². The molecule has 1 unspecified atom stereocenters. The number of halogens is 1. The van der Waals surface area contributed by atoms with E-state index in [0.717, 1.165) is 0 Å². The normalized spacial score (nSPS) is 11.6. The average Bonchev–Trinajstić information content (AvgIpc) is 2.29. The Morgan fingerprint density at radius 1 is 1.76 bits per heavy atom. The number of carboxylic acid groups (broad SMARTS) is 1. The van der Waals surface area contributed by atoms with E-state index in [-0.39, 0.29) is 18.2 Å². The lowest BCUT2D eigenvalue weighted by Gasteiger charge is -2.24. The van der Waals surface area contributed by atoms with E-state index >= 15 is 0 Å². The number of rotatable bonds is 5. The van der Waals surface area contributed by atoms with Crippen LogP contribution >= 0.6 is 11.6 Å². The first-order valence-electron chi connectivity index (χ1n) is 5.01. The van der Waals surface area contributed by atoms with E-state index in [0.29, 0.717) is 5.69 Å². The fraction of sp³-hybridized carbons (Fsp3) is 0.364. The number of carbonyl (C=O) groups is 1. The minimum absolute atomic E-state index is 0.0725. The molecular formula is C11H12ClN3O2. The molecule has 0 amide bonds. The molecule has 6 heteroatoms. The number of pyridine rings is 1. The molecule has 0 bridgehead atoms. The van der Waals surface area contributed by atoms with Crippen LogP contribution in [0.3, 0.4) is 0 Å². The number of hydrogen-bond acceptors (Lipinski definition) is 4. The molecule has 0 fully saturated rings. The van der Waals surface area contributed by atoms with Crippen LogP contribution in [0.25, 0.3) is 0 Å². The second-order valence-corrected chi connectivity index (χ2v) is 3.95. The SMILES string of the molecule is CC(CN(CC#N)c1cccnc1Cl)C(=O)O. The third kappa shape index (κ3) is 3.61. The Kier molecular flexibility index (Phi) is 4.73. The van der Waals surface area contributed by atoms with E-state index in [2.05, 4.69) is 4.98 Å². The predicted molar refractivity (Wildman–Crippen MR) is 63.9 cm³/mol. The molecule has 1 rings (SSSR count). The third-order valence-electron chi connectivity index (χ3n) is 2.26. The standard InChI is InChI=1S/C11H12ClN3O2/c1-8(11(16)17)7-15(6-4-13)9-3-2-5-14-10(9)12/h2-3,5,8H,6-7H2,1H3,(H,16,17). The maximum atomic E-state index is 10.8. The van der Waals surface area contributed by atoms with Gasteiger partial charge in [-0.2, -0.15) is 5.26 Å². The Balaban J connectivity index is 2.91. The van der Waals surface area contributed by atoms with E-state index in [9.17, 15) is 4.79 Å². The summed E-state index contributed by atoms with van der Waals surface area (Å²) >= 11 is 5.91. The maximum Gasteiger partial charge on any atom is 0.308 e. The van der Waals surface area contributed by atoms with Crippen LogP contribution in [0.5, 0.6) is 0 Å². The molecule has 0 aromatic carbocycles. The zero-order chi connectivity index (χ0) is 12.8. The van der Waals surface area contributed by atoms with Gasteiger partial charge in [0.05, 0.1) is 17.7 Å². The number of carboxylic acids is 1. The zero-order valence-electron chi connectivity index (χ0n) is 9.30. The van der Waals surface area contributed by atoms with Crippen molar-refractivity contribution in [3.63, 3.8) is 0 Å².